The highest BCUT2D eigenvalue weighted by Gasteiger charge is 2.17. The highest BCUT2D eigenvalue weighted by molar-refractivity contribution is 7.11. The topological polar surface area (TPSA) is 75.1 Å². The SMILES string of the molecule is Cc1nc(C)c(CNC(=O)NC[C@H](c2cnn(C)c2)N(C)C)s1. The van der Waals surface area contributed by atoms with Gasteiger partial charge in [0.15, 0.2) is 0 Å². The van der Waals surface area contributed by atoms with Crippen molar-refractivity contribution in [1.82, 2.24) is 30.3 Å². The molecule has 0 bridgehead atoms. The predicted molar refractivity (Wildman–Crippen MR) is 91.5 cm³/mol. The zero-order chi connectivity index (χ0) is 17.0. The summed E-state index contributed by atoms with van der Waals surface area (Å²) >= 11 is 1.61. The molecule has 0 aromatic carbocycles. The maximum absolute atomic E-state index is 12.0. The summed E-state index contributed by atoms with van der Waals surface area (Å²) in [5.41, 5.74) is 2.06. The van der Waals surface area contributed by atoms with E-state index in [0.29, 0.717) is 13.1 Å². The molecule has 0 aliphatic heterocycles. The fourth-order valence-corrected chi connectivity index (χ4v) is 3.24. The zero-order valence-electron chi connectivity index (χ0n) is 14.3. The number of nitrogens with one attached hydrogen (secondary N) is 2. The van der Waals surface area contributed by atoms with E-state index in [2.05, 4.69) is 25.6 Å². The fraction of sp³-hybridized carbons (Fsp3) is 0.533. The Morgan fingerprint density at radius 2 is 2.13 bits per heavy atom. The number of thiazole rings is 1. The Bertz CT molecular complexity index is 663. The van der Waals surface area contributed by atoms with Gasteiger partial charge in [0.25, 0.3) is 0 Å². The number of hydrogen-bond acceptors (Lipinski definition) is 5. The molecule has 0 aliphatic rings. The van der Waals surface area contributed by atoms with Gasteiger partial charge in [0, 0.05) is 30.2 Å². The minimum Gasteiger partial charge on any atom is -0.336 e. The molecule has 7 nitrogen and oxygen atoms in total. The average Bonchev–Trinajstić information content (AvgIpc) is 3.02. The summed E-state index contributed by atoms with van der Waals surface area (Å²) in [6.45, 7) is 4.95. The minimum absolute atomic E-state index is 0.0850. The molecule has 2 amide bonds. The van der Waals surface area contributed by atoms with Crippen LogP contribution in [0.2, 0.25) is 0 Å². The summed E-state index contributed by atoms with van der Waals surface area (Å²) in [5.74, 6) is 0. The second-order valence-corrected chi connectivity index (χ2v) is 7.02. The van der Waals surface area contributed by atoms with Crippen molar-refractivity contribution in [3.63, 3.8) is 0 Å². The van der Waals surface area contributed by atoms with Crippen molar-refractivity contribution in [2.45, 2.75) is 26.4 Å². The fourth-order valence-electron chi connectivity index (χ4n) is 2.36. The van der Waals surface area contributed by atoms with E-state index in [-0.39, 0.29) is 12.1 Å². The van der Waals surface area contributed by atoms with Crippen LogP contribution >= 0.6 is 11.3 Å². The molecular formula is C15H24N6OS. The second kappa shape index (κ2) is 7.56. The van der Waals surface area contributed by atoms with Crippen LogP contribution < -0.4 is 10.6 Å². The molecule has 0 aliphatic carbocycles. The summed E-state index contributed by atoms with van der Waals surface area (Å²) in [6, 6.07) is -0.0898. The van der Waals surface area contributed by atoms with Crippen molar-refractivity contribution >= 4 is 17.4 Å². The monoisotopic (exact) mass is 336 g/mol. The third kappa shape index (κ3) is 4.77. The lowest BCUT2D eigenvalue weighted by Gasteiger charge is -2.23. The van der Waals surface area contributed by atoms with Crippen molar-refractivity contribution in [2.75, 3.05) is 20.6 Å². The number of nitrogens with zero attached hydrogens (tertiary/aromatic N) is 4. The molecular weight excluding hydrogens is 312 g/mol. The van der Waals surface area contributed by atoms with Gasteiger partial charge in [0.2, 0.25) is 0 Å². The molecule has 2 N–H and O–H groups in total. The smallest absolute Gasteiger partial charge is 0.315 e. The van der Waals surface area contributed by atoms with Gasteiger partial charge in [0.1, 0.15) is 0 Å². The summed E-state index contributed by atoms with van der Waals surface area (Å²) in [4.78, 5) is 19.5. The number of likely N-dealkylation sites (N-methyl/N-ethyl adjacent to an activating group) is 1. The number of hydrogen-bond donors (Lipinski definition) is 2. The van der Waals surface area contributed by atoms with Gasteiger partial charge in [-0.3, -0.25) is 4.68 Å². The van der Waals surface area contributed by atoms with Crippen LogP contribution in [0.1, 0.15) is 27.2 Å². The van der Waals surface area contributed by atoms with Gasteiger partial charge in [-0.15, -0.1) is 11.3 Å². The highest BCUT2D eigenvalue weighted by Crippen LogP contribution is 2.17. The Labute approximate surface area is 140 Å². The molecule has 8 heteroatoms. The first kappa shape index (κ1) is 17.4. The molecule has 0 radical (unpaired) electrons. The van der Waals surface area contributed by atoms with E-state index in [0.717, 1.165) is 21.1 Å². The average molecular weight is 336 g/mol. The number of urea groups is 1. The number of amides is 2. The molecule has 0 saturated carbocycles. The number of carbonyl (C=O) groups excluding carboxylic acids is 1. The van der Waals surface area contributed by atoms with Crippen LogP contribution in [-0.4, -0.2) is 46.3 Å². The Morgan fingerprint density at radius 1 is 1.39 bits per heavy atom. The standard InChI is InChI=1S/C15H24N6OS/c1-10-14(23-11(2)19-10)8-17-15(22)16-7-13(20(3)4)12-6-18-21(5)9-12/h6,9,13H,7-8H2,1-5H3,(H2,16,17,22)/t13-/m1/s1. The Balaban J connectivity index is 1.85. The maximum Gasteiger partial charge on any atom is 0.315 e. The maximum atomic E-state index is 12.0. The van der Waals surface area contributed by atoms with Crippen molar-refractivity contribution in [2.24, 2.45) is 7.05 Å². The lowest BCUT2D eigenvalue weighted by Crippen LogP contribution is -2.40. The van der Waals surface area contributed by atoms with E-state index in [1.807, 2.05) is 47.4 Å². The Morgan fingerprint density at radius 3 is 2.65 bits per heavy atom. The normalized spacial score (nSPS) is 12.4. The minimum atomic E-state index is -0.175. The van der Waals surface area contributed by atoms with Gasteiger partial charge >= 0.3 is 6.03 Å². The lowest BCUT2D eigenvalue weighted by atomic mass is 10.1. The van der Waals surface area contributed by atoms with Crippen molar-refractivity contribution in [3.8, 4) is 0 Å². The number of carbonyl (C=O) groups is 1. The van der Waals surface area contributed by atoms with E-state index in [9.17, 15) is 4.79 Å². The van der Waals surface area contributed by atoms with E-state index < -0.39 is 0 Å². The van der Waals surface area contributed by atoms with Crippen LogP contribution in [0.15, 0.2) is 12.4 Å². The zero-order valence-corrected chi connectivity index (χ0v) is 15.1. The second-order valence-electron chi connectivity index (χ2n) is 5.73. The van der Waals surface area contributed by atoms with Gasteiger partial charge in [-0.1, -0.05) is 0 Å². The molecule has 2 heterocycles. The number of aromatic nitrogens is 3. The van der Waals surface area contributed by atoms with Crippen LogP contribution in [0, 0.1) is 13.8 Å². The van der Waals surface area contributed by atoms with Crippen molar-refractivity contribution in [3.05, 3.63) is 33.5 Å². The first-order valence-electron chi connectivity index (χ1n) is 7.46. The summed E-state index contributed by atoms with van der Waals surface area (Å²) in [5, 5.41) is 11.0. The first-order chi connectivity index (χ1) is 10.9. The highest BCUT2D eigenvalue weighted by atomic mass is 32.1. The van der Waals surface area contributed by atoms with Crippen molar-refractivity contribution < 1.29 is 4.79 Å². The van der Waals surface area contributed by atoms with E-state index in [1.54, 1.807) is 16.0 Å². The molecule has 0 unspecified atom stereocenters. The number of rotatable bonds is 6. The molecule has 0 spiro atoms. The van der Waals surface area contributed by atoms with Gasteiger partial charge in [-0.25, -0.2) is 9.78 Å². The largest absolute Gasteiger partial charge is 0.336 e. The van der Waals surface area contributed by atoms with E-state index in [4.69, 9.17) is 0 Å². The third-order valence-corrected chi connectivity index (χ3v) is 4.67. The molecule has 2 rings (SSSR count). The van der Waals surface area contributed by atoms with Crippen LogP contribution in [-0.2, 0) is 13.6 Å². The van der Waals surface area contributed by atoms with Gasteiger partial charge in [0.05, 0.1) is 29.5 Å². The van der Waals surface area contributed by atoms with Crippen LogP contribution in [0.5, 0.6) is 0 Å². The Hall–Kier alpha value is -1.93. The molecule has 1 atom stereocenters. The van der Waals surface area contributed by atoms with Gasteiger partial charge in [-0.2, -0.15) is 5.10 Å². The third-order valence-electron chi connectivity index (χ3n) is 3.60. The van der Waals surface area contributed by atoms with Crippen LogP contribution in [0.25, 0.3) is 0 Å². The summed E-state index contributed by atoms with van der Waals surface area (Å²) in [7, 11) is 5.86. The lowest BCUT2D eigenvalue weighted by molar-refractivity contribution is 0.232. The van der Waals surface area contributed by atoms with Gasteiger partial charge < -0.3 is 15.5 Å². The molecule has 126 valence electrons. The summed E-state index contributed by atoms with van der Waals surface area (Å²) < 4.78 is 1.76. The quantitative estimate of drug-likeness (QED) is 0.840. The van der Waals surface area contributed by atoms with Crippen LogP contribution in [0.4, 0.5) is 4.79 Å². The predicted octanol–water partition coefficient (Wildman–Crippen LogP) is 1.60. The van der Waals surface area contributed by atoms with Crippen LogP contribution in [0.3, 0.4) is 0 Å². The first-order valence-corrected chi connectivity index (χ1v) is 8.28. The molecule has 0 saturated heterocycles. The number of aryl methyl sites for hydroxylation is 3. The summed E-state index contributed by atoms with van der Waals surface area (Å²) in [6.07, 6.45) is 3.79. The van der Waals surface area contributed by atoms with E-state index in [1.165, 1.54) is 0 Å². The Kier molecular flexibility index (Phi) is 5.73. The van der Waals surface area contributed by atoms with Crippen molar-refractivity contribution in [1.29, 1.82) is 0 Å². The molecule has 0 fully saturated rings. The molecule has 23 heavy (non-hydrogen) atoms. The molecule has 2 aromatic rings. The van der Waals surface area contributed by atoms with E-state index >= 15 is 0 Å². The van der Waals surface area contributed by atoms with Gasteiger partial charge in [-0.05, 0) is 27.9 Å². The molecule has 2 aromatic heterocycles.